The number of halogens is 1. The van der Waals surface area contributed by atoms with Crippen LogP contribution in [0.3, 0.4) is 0 Å². The Bertz CT molecular complexity index is 641. The van der Waals surface area contributed by atoms with Crippen LogP contribution in [0.25, 0.3) is 11.1 Å². The van der Waals surface area contributed by atoms with Crippen molar-refractivity contribution in [2.24, 2.45) is 0 Å². The standard InChI is InChI=1S/C10H5ClN2O4S/c11-10-8(3-4-18-10)7-2-1-6(12(14)15)5-9(7)13(16)17/h1-5H. The van der Waals surface area contributed by atoms with Crippen molar-refractivity contribution in [2.75, 3.05) is 0 Å². The monoisotopic (exact) mass is 284 g/mol. The number of nitro benzene ring substituents is 2. The fourth-order valence-electron chi connectivity index (χ4n) is 1.50. The highest BCUT2D eigenvalue weighted by Crippen LogP contribution is 2.39. The van der Waals surface area contributed by atoms with Crippen molar-refractivity contribution in [3.8, 4) is 11.1 Å². The first kappa shape index (κ1) is 12.5. The lowest BCUT2D eigenvalue weighted by Gasteiger charge is -2.01. The molecule has 2 aromatic rings. The number of rotatable bonds is 3. The van der Waals surface area contributed by atoms with E-state index < -0.39 is 9.85 Å². The Morgan fingerprint density at radius 2 is 1.78 bits per heavy atom. The number of nitro groups is 2. The van der Waals surface area contributed by atoms with Crippen LogP contribution in [-0.2, 0) is 0 Å². The van der Waals surface area contributed by atoms with Crippen molar-refractivity contribution in [1.82, 2.24) is 0 Å². The van der Waals surface area contributed by atoms with E-state index in [1.807, 2.05) is 0 Å². The predicted octanol–water partition coefficient (Wildman–Crippen LogP) is 3.88. The highest BCUT2D eigenvalue weighted by molar-refractivity contribution is 7.15. The van der Waals surface area contributed by atoms with E-state index in [1.54, 1.807) is 11.4 Å². The molecule has 0 saturated heterocycles. The molecule has 0 radical (unpaired) electrons. The SMILES string of the molecule is O=[N+]([O-])c1ccc(-c2ccsc2Cl)c([N+](=O)[O-])c1. The lowest BCUT2D eigenvalue weighted by Crippen LogP contribution is -1.95. The predicted molar refractivity (Wildman–Crippen MR) is 68.1 cm³/mol. The maximum atomic E-state index is 10.9. The minimum absolute atomic E-state index is 0.275. The second kappa shape index (κ2) is 4.71. The Morgan fingerprint density at radius 1 is 1.06 bits per heavy atom. The van der Waals surface area contributed by atoms with E-state index in [-0.39, 0.29) is 16.9 Å². The quantitative estimate of drug-likeness (QED) is 0.632. The molecular formula is C10H5ClN2O4S. The Balaban J connectivity index is 2.65. The Kier molecular flexibility index (Phi) is 3.26. The van der Waals surface area contributed by atoms with Crippen LogP contribution in [0.2, 0.25) is 4.34 Å². The van der Waals surface area contributed by atoms with Crippen LogP contribution in [0, 0.1) is 20.2 Å². The van der Waals surface area contributed by atoms with Crippen LogP contribution >= 0.6 is 22.9 Å². The molecule has 0 N–H and O–H groups in total. The van der Waals surface area contributed by atoms with E-state index in [2.05, 4.69) is 0 Å². The second-order valence-corrected chi connectivity index (χ2v) is 4.84. The smallest absolute Gasteiger partial charge is 0.258 e. The maximum absolute atomic E-state index is 10.9. The van der Waals surface area contributed by atoms with E-state index in [0.29, 0.717) is 9.90 Å². The summed E-state index contributed by atoms with van der Waals surface area (Å²) in [6.45, 7) is 0. The molecule has 8 heteroatoms. The van der Waals surface area contributed by atoms with Gasteiger partial charge in [-0.05, 0) is 17.5 Å². The van der Waals surface area contributed by atoms with Crippen LogP contribution in [-0.4, -0.2) is 9.85 Å². The summed E-state index contributed by atoms with van der Waals surface area (Å²) < 4.78 is 0.409. The summed E-state index contributed by atoms with van der Waals surface area (Å²) in [6, 6.07) is 5.13. The third-order valence-corrected chi connectivity index (χ3v) is 3.47. The number of non-ortho nitro benzene ring substituents is 1. The summed E-state index contributed by atoms with van der Waals surface area (Å²) >= 11 is 7.15. The van der Waals surface area contributed by atoms with Gasteiger partial charge >= 0.3 is 0 Å². The summed E-state index contributed by atoms with van der Waals surface area (Å²) in [5.74, 6) is 0. The van der Waals surface area contributed by atoms with Gasteiger partial charge in [0.1, 0.15) is 4.34 Å². The van der Waals surface area contributed by atoms with Crippen LogP contribution < -0.4 is 0 Å². The summed E-state index contributed by atoms with van der Waals surface area (Å²) in [6.07, 6.45) is 0. The van der Waals surface area contributed by atoms with E-state index >= 15 is 0 Å². The van der Waals surface area contributed by atoms with Gasteiger partial charge in [0.15, 0.2) is 0 Å². The normalized spacial score (nSPS) is 10.3. The van der Waals surface area contributed by atoms with Gasteiger partial charge in [-0.25, -0.2) is 0 Å². The summed E-state index contributed by atoms with van der Waals surface area (Å²) in [5, 5.41) is 23.2. The molecule has 6 nitrogen and oxygen atoms in total. The lowest BCUT2D eigenvalue weighted by atomic mass is 10.1. The average molecular weight is 285 g/mol. The molecule has 92 valence electrons. The molecule has 1 aromatic carbocycles. The first-order valence-corrected chi connectivity index (χ1v) is 5.92. The molecule has 0 unspecified atom stereocenters. The third-order valence-electron chi connectivity index (χ3n) is 2.30. The zero-order valence-corrected chi connectivity index (χ0v) is 10.3. The molecule has 0 bridgehead atoms. The minimum atomic E-state index is -0.675. The number of hydrogen-bond donors (Lipinski definition) is 0. The lowest BCUT2D eigenvalue weighted by molar-refractivity contribution is -0.393. The van der Waals surface area contributed by atoms with Crippen molar-refractivity contribution in [3.63, 3.8) is 0 Å². The second-order valence-electron chi connectivity index (χ2n) is 3.32. The van der Waals surface area contributed by atoms with Crippen LogP contribution in [0.5, 0.6) is 0 Å². The molecule has 0 saturated carbocycles. The average Bonchev–Trinajstić information content (AvgIpc) is 2.74. The van der Waals surface area contributed by atoms with Gasteiger partial charge in [-0.2, -0.15) is 0 Å². The van der Waals surface area contributed by atoms with E-state index in [4.69, 9.17) is 11.6 Å². The molecule has 0 aliphatic carbocycles. The van der Waals surface area contributed by atoms with Gasteiger partial charge in [0.2, 0.25) is 0 Å². The van der Waals surface area contributed by atoms with Crippen molar-refractivity contribution in [2.45, 2.75) is 0 Å². The first-order valence-electron chi connectivity index (χ1n) is 4.67. The summed E-state index contributed by atoms with van der Waals surface area (Å²) in [5.41, 5.74) is 0.126. The molecule has 1 heterocycles. The Hall–Kier alpha value is -1.99. The zero-order chi connectivity index (χ0) is 13.3. The molecule has 0 spiro atoms. The number of nitrogens with zero attached hydrogens (tertiary/aromatic N) is 2. The van der Waals surface area contributed by atoms with E-state index in [1.165, 1.54) is 23.5 Å². The number of thiophene rings is 1. The topological polar surface area (TPSA) is 86.3 Å². The highest BCUT2D eigenvalue weighted by atomic mass is 35.5. The van der Waals surface area contributed by atoms with Gasteiger partial charge in [-0.3, -0.25) is 20.2 Å². The summed E-state index contributed by atoms with van der Waals surface area (Å²) in [7, 11) is 0. The molecular weight excluding hydrogens is 280 g/mol. The molecule has 2 rings (SSSR count). The Labute approximate surface area is 110 Å². The molecule has 0 amide bonds. The fraction of sp³-hybridized carbons (Fsp3) is 0. The van der Waals surface area contributed by atoms with Gasteiger partial charge < -0.3 is 0 Å². The molecule has 0 aliphatic heterocycles. The molecule has 0 aliphatic rings. The van der Waals surface area contributed by atoms with Crippen molar-refractivity contribution < 1.29 is 9.85 Å². The van der Waals surface area contributed by atoms with Crippen molar-refractivity contribution in [3.05, 3.63) is 54.2 Å². The Morgan fingerprint density at radius 3 is 2.28 bits per heavy atom. The van der Waals surface area contributed by atoms with Crippen molar-refractivity contribution >= 4 is 34.3 Å². The minimum Gasteiger partial charge on any atom is -0.258 e. The highest BCUT2D eigenvalue weighted by Gasteiger charge is 2.22. The molecule has 18 heavy (non-hydrogen) atoms. The first-order chi connectivity index (χ1) is 8.50. The summed E-state index contributed by atoms with van der Waals surface area (Å²) in [4.78, 5) is 20.2. The van der Waals surface area contributed by atoms with Crippen LogP contribution in [0.4, 0.5) is 11.4 Å². The number of hydrogen-bond acceptors (Lipinski definition) is 5. The van der Waals surface area contributed by atoms with Crippen molar-refractivity contribution in [1.29, 1.82) is 0 Å². The maximum Gasteiger partial charge on any atom is 0.284 e. The molecule has 0 fully saturated rings. The van der Waals surface area contributed by atoms with E-state index in [9.17, 15) is 20.2 Å². The fourth-order valence-corrected chi connectivity index (χ4v) is 2.45. The largest absolute Gasteiger partial charge is 0.284 e. The zero-order valence-electron chi connectivity index (χ0n) is 8.70. The van der Waals surface area contributed by atoms with Gasteiger partial charge in [0.25, 0.3) is 11.4 Å². The van der Waals surface area contributed by atoms with Crippen LogP contribution in [0.1, 0.15) is 0 Å². The van der Waals surface area contributed by atoms with Gasteiger partial charge in [-0.15, -0.1) is 11.3 Å². The number of benzene rings is 1. The molecule has 0 atom stereocenters. The van der Waals surface area contributed by atoms with Crippen LogP contribution in [0.15, 0.2) is 29.6 Å². The van der Waals surface area contributed by atoms with Gasteiger partial charge in [0, 0.05) is 11.6 Å². The molecule has 1 aromatic heterocycles. The van der Waals surface area contributed by atoms with E-state index in [0.717, 1.165) is 6.07 Å². The van der Waals surface area contributed by atoms with Gasteiger partial charge in [0.05, 0.1) is 21.5 Å². The third kappa shape index (κ3) is 2.18. The van der Waals surface area contributed by atoms with Gasteiger partial charge in [-0.1, -0.05) is 11.6 Å².